The number of benzene rings is 2. The van der Waals surface area contributed by atoms with Gasteiger partial charge in [0, 0.05) is 25.6 Å². The fraction of sp³-hybridized carbons (Fsp3) is 0.400. The monoisotopic (exact) mass is 296 g/mol. The van der Waals surface area contributed by atoms with Crippen LogP contribution in [-0.4, -0.2) is 26.4 Å². The third-order valence-electron chi connectivity index (χ3n) is 5.10. The highest BCUT2D eigenvalue weighted by atomic mass is 16.5. The molecule has 0 aromatic heterocycles. The van der Waals surface area contributed by atoms with Gasteiger partial charge in [0.15, 0.2) is 0 Å². The van der Waals surface area contributed by atoms with Gasteiger partial charge in [-0.1, -0.05) is 60.7 Å². The summed E-state index contributed by atoms with van der Waals surface area (Å²) in [6.45, 7) is 2.09. The standard InChI is InChI=1S/C20H24O2/c1-15(21-2)19(22-3)18-14-20(18,16-10-6-4-7-11-16)17-12-8-5-9-13-17/h4-13,15,18-19H,14H2,1-3H3. The van der Waals surface area contributed by atoms with E-state index >= 15 is 0 Å². The second kappa shape index (κ2) is 6.23. The van der Waals surface area contributed by atoms with Crippen LogP contribution < -0.4 is 0 Å². The Labute approximate surface area is 133 Å². The SMILES string of the molecule is COC(C)C(OC)C1CC1(c1ccccc1)c1ccccc1. The summed E-state index contributed by atoms with van der Waals surface area (Å²) in [5, 5.41) is 0. The van der Waals surface area contributed by atoms with Crippen molar-refractivity contribution in [2.75, 3.05) is 14.2 Å². The predicted octanol–water partition coefficient (Wildman–Crippen LogP) is 4.04. The van der Waals surface area contributed by atoms with Gasteiger partial charge in [0.1, 0.15) is 0 Å². The highest BCUT2D eigenvalue weighted by molar-refractivity contribution is 5.47. The summed E-state index contributed by atoms with van der Waals surface area (Å²) in [7, 11) is 3.55. The molecular weight excluding hydrogens is 272 g/mol. The minimum atomic E-state index is 0.0516. The second-order valence-electron chi connectivity index (χ2n) is 6.16. The van der Waals surface area contributed by atoms with E-state index in [9.17, 15) is 0 Å². The first-order valence-corrected chi connectivity index (χ1v) is 7.90. The molecule has 0 aliphatic heterocycles. The van der Waals surface area contributed by atoms with Crippen LogP contribution in [-0.2, 0) is 14.9 Å². The average Bonchev–Trinajstić information content (AvgIpc) is 3.33. The number of hydrogen-bond acceptors (Lipinski definition) is 2. The molecule has 0 saturated heterocycles. The molecule has 1 aliphatic rings. The Morgan fingerprint density at radius 3 is 1.77 bits per heavy atom. The molecule has 2 aromatic carbocycles. The molecule has 1 fully saturated rings. The largest absolute Gasteiger partial charge is 0.379 e. The summed E-state index contributed by atoms with van der Waals surface area (Å²) in [5.41, 5.74) is 2.80. The second-order valence-corrected chi connectivity index (χ2v) is 6.16. The zero-order valence-electron chi connectivity index (χ0n) is 13.5. The lowest BCUT2D eigenvalue weighted by molar-refractivity contribution is -0.0400. The normalized spacial score (nSPS) is 22.0. The van der Waals surface area contributed by atoms with Crippen LogP contribution in [0.1, 0.15) is 24.5 Å². The van der Waals surface area contributed by atoms with Crippen molar-refractivity contribution in [1.29, 1.82) is 0 Å². The summed E-state index contributed by atoms with van der Waals surface area (Å²) < 4.78 is 11.3. The molecule has 0 spiro atoms. The predicted molar refractivity (Wildman–Crippen MR) is 89.0 cm³/mol. The molecule has 3 atom stereocenters. The van der Waals surface area contributed by atoms with Crippen molar-refractivity contribution in [3.63, 3.8) is 0 Å². The minimum absolute atomic E-state index is 0.0516. The Morgan fingerprint density at radius 1 is 0.864 bits per heavy atom. The highest BCUT2D eigenvalue weighted by Gasteiger charge is 2.60. The smallest absolute Gasteiger partial charge is 0.0870 e. The zero-order chi connectivity index (χ0) is 15.6. The first-order valence-electron chi connectivity index (χ1n) is 7.90. The average molecular weight is 296 g/mol. The number of methoxy groups -OCH3 is 2. The van der Waals surface area contributed by atoms with Crippen LogP contribution in [0.15, 0.2) is 60.7 Å². The molecule has 0 radical (unpaired) electrons. The van der Waals surface area contributed by atoms with E-state index in [2.05, 4.69) is 67.6 Å². The summed E-state index contributed by atoms with van der Waals surface area (Å²) in [5.74, 6) is 0.442. The van der Waals surface area contributed by atoms with Crippen molar-refractivity contribution in [1.82, 2.24) is 0 Å². The van der Waals surface area contributed by atoms with Gasteiger partial charge in [-0.2, -0.15) is 0 Å². The highest BCUT2D eigenvalue weighted by Crippen LogP contribution is 2.61. The molecule has 2 aromatic rings. The van der Waals surface area contributed by atoms with Gasteiger partial charge in [0.05, 0.1) is 12.2 Å². The van der Waals surface area contributed by atoms with Gasteiger partial charge < -0.3 is 9.47 Å². The van der Waals surface area contributed by atoms with Crippen molar-refractivity contribution in [2.24, 2.45) is 5.92 Å². The molecule has 1 aliphatic carbocycles. The Bertz CT molecular complexity index is 554. The van der Waals surface area contributed by atoms with Crippen LogP contribution in [0.3, 0.4) is 0 Å². The zero-order valence-corrected chi connectivity index (χ0v) is 13.5. The summed E-state index contributed by atoms with van der Waals surface area (Å²) in [6.07, 6.45) is 1.29. The van der Waals surface area contributed by atoms with Crippen LogP contribution in [0.25, 0.3) is 0 Å². The molecule has 22 heavy (non-hydrogen) atoms. The van der Waals surface area contributed by atoms with Gasteiger partial charge in [0.2, 0.25) is 0 Å². The van der Waals surface area contributed by atoms with Crippen LogP contribution in [0, 0.1) is 5.92 Å². The van der Waals surface area contributed by atoms with E-state index in [4.69, 9.17) is 9.47 Å². The molecule has 1 saturated carbocycles. The third-order valence-corrected chi connectivity index (χ3v) is 5.10. The fourth-order valence-electron chi connectivity index (χ4n) is 3.80. The Kier molecular flexibility index (Phi) is 4.32. The first-order chi connectivity index (χ1) is 10.7. The summed E-state index contributed by atoms with van der Waals surface area (Å²) in [6, 6.07) is 21.6. The molecule has 2 nitrogen and oxygen atoms in total. The van der Waals surface area contributed by atoms with E-state index in [-0.39, 0.29) is 17.6 Å². The first kappa shape index (κ1) is 15.3. The van der Waals surface area contributed by atoms with Gasteiger partial charge in [0.25, 0.3) is 0 Å². The van der Waals surface area contributed by atoms with Crippen LogP contribution in [0.2, 0.25) is 0 Å². The Balaban J connectivity index is 2.01. The molecule has 0 heterocycles. The minimum Gasteiger partial charge on any atom is -0.379 e. The topological polar surface area (TPSA) is 18.5 Å². The summed E-state index contributed by atoms with van der Waals surface area (Å²) in [4.78, 5) is 0. The maximum absolute atomic E-state index is 5.80. The number of hydrogen-bond donors (Lipinski definition) is 0. The van der Waals surface area contributed by atoms with E-state index in [0.29, 0.717) is 5.92 Å². The van der Waals surface area contributed by atoms with Gasteiger partial charge in [-0.3, -0.25) is 0 Å². The molecule has 0 bridgehead atoms. The quantitative estimate of drug-likeness (QED) is 0.801. The Hall–Kier alpha value is -1.64. The van der Waals surface area contributed by atoms with E-state index in [1.165, 1.54) is 11.1 Å². The molecule has 2 heteroatoms. The van der Waals surface area contributed by atoms with Crippen molar-refractivity contribution in [3.8, 4) is 0 Å². The van der Waals surface area contributed by atoms with Crippen molar-refractivity contribution in [2.45, 2.75) is 31.0 Å². The molecule has 0 amide bonds. The van der Waals surface area contributed by atoms with Crippen molar-refractivity contribution in [3.05, 3.63) is 71.8 Å². The van der Waals surface area contributed by atoms with E-state index in [1.807, 2.05) is 0 Å². The maximum Gasteiger partial charge on any atom is 0.0870 e. The molecule has 3 rings (SSSR count). The van der Waals surface area contributed by atoms with E-state index in [1.54, 1.807) is 14.2 Å². The third kappa shape index (κ3) is 2.47. The lowest BCUT2D eigenvalue weighted by atomic mass is 9.84. The Morgan fingerprint density at radius 2 is 1.36 bits per heavy atom. The van der Waals surface area contributed by atoms with E-state index < -0.39 is 0 Å². The van der Waals surface area contributed by atoms with Crippen LogP contribution in [0.4, 0.5) is 0 Å². The van der Waals surface area contributed by atoms with Gasteiger partial charge in [-0.25, -0.2) is 0 Å². The van der Waals surface area contributed by atoms with Crippen LogP contribution >= 0.6 is 0 Å². The van der Waals surface area contributed by atoms with Crippen LogP contribution in [0.5, 0.6) is 0 Å². The van der Waals surface area contributed by atoms with Gasteiger partial charge in [-0.15, -0.1) is 0 Å². The summed E-state index contributed by atoms with van der Waals surface area (Å²) >= 11 is 0. The lowest BCUT2D eigenvalue weighted by Gasteiger charge is -2.26. The van der Waals surface area contributed by atoms with E-state index in [0.717, 1.165) is 6.42 Å². The molecule has 116 valence electrons. The molecule has 3 unspecified atom stereocenters. The van der Waals surface area contributed by atoms with Gasteiger partial charge >= 0.3 is 0 Å². The number of rotatable bonds is 6. The fourth-order valence-corrected chi connectivity index (χ4v) is 3.80. The number of ether oxygens (including phenoxy) is 2. The maximum atomic E-state index is 5.80. The molecule has 0 N–H and O–H groups in total. The lowest BCUT2D eigenvalue weighted by Crippen LogP contribution is -2.32. The van der Waals surface area contributed by atoms with Crippen molar-refractivity contribution < 1.29 is 9.47 Å². The van der Waals surface area contributed by atoms with Gasteiger partial charge in [-0.05, 0) is 24.5 Å². The van der Waals surface area contributed by atoms with Crippen molar-refractivity contribution >= 4 is 0 Å². The molecular formula is C20H24O2.